The van der Waals surface area contributed by atoms with E-state index in [1.165, 1.54) is 12.1 Å². The van der Waals surface area contributed by atoms with Crippen LogP contribution in [0, 0.1) is 5.82 Å². The van der Waals surface area contributed by atoms with Crippen molar-refractivity contribution in [1.29, 1.82) is 0 Å². The van der Waals surface area contributed by atoms with Gasteiger partial charge in [0.25, 0.3) is 0 Å². The quantitative estimate of drug-likeness (QED) is 0.793. The molecule has 15 heavy (non-hydrogen) atoms. The number of anilines is 1. The predicted molar refractivity (Wildman–Crippen MR) is 60.8 cm³/mol. The van der Waals surface area contributed by atoms with Crippen molar-refractivity contribution in [1.82, 2.24) is 4.98 Å². The number of hydrogen-bond donors (Lipinski definition) is 1. The fraction of sp³-hybridized carbons (Fsp3) is 0.182. The van der Waals surface area contributed by atoms with E-state index in [9.17, 15) is 4.39 Å². The average Bonchev–Trinajstić information content (AvgIpc) is 2.26. The van der Waals surface area contributed by atoms with Gasteiger partial charge in [0.1, 0.15) is 5.82 Å². The molecular formula is C11H10ClFN2. The van der Waals surface area contributed by atoms with Gasteiger partial charge in [-0.2, -0.15) is 0 Å². The molecule has 0 aliphatic rings. The van der Waals surface area contributed by atoms with Crippen LogP contribution in [0.1, 0.15) is 5.56 Å². The van der Waals surface area contributed by atoms with Crippen LogP contribution in [0.2, 0.25) is 0 Å². The topological polar surface area (TPSA) is 24.9 Å². The number of benzene rings is 1. The molecule has 0 atom stereocenters. The van der Waals surface area contributed by atoms with Crippen LogP contribution in [0.15, 0.2) is 24.4 Å². The van der Waals surface area contributed by atoms with Gasteiger partial charge in [-0.1, -0.05) is 0 Å². The summed E-state index contributed by atoms with van der Waals surface area (Å²) in [5, 5.41) is 3.67. The Hall–Kier alpha value is -1.35. The van der Waals surface area contributed by atoms with Crippen LogP contribution in [0.5, 0.6) is 0 Å². The molecule has 1 aromatic heterocycles. The molecule has 0 saturated heterocycles. The van der Waals surface area contributed by atoms with Gasteiger partial charge in [0.05, 0.1) is 11.2 Å². The molecule has 0 aliphatic carbocycles. The zero-order valence-electron chi connectivity index (χ0n) is 8.22. The van der Waals surface area contributed by atoms with Crippen LogP contribution in [0.25, 0.3) is 10.9 Å². The standard InChI is InChI=1S/C11H10ClFN2/c1-14-10-4-9(13)3-8-2-7(5-12)6-15-11(8)10/h2-4,6,14H,5H2,1H3. The number of alkyl halides is 1. The third kappa shape index (κ3) is 1.88. The van der Waals surface area contributed by atoms with Gasteiger partial charge in [0.2, 0.25) is 0 Å². The van der Waals surface area contributed by atoms with Crippen LogP contribution in [-0.2, 0) is 5.88 Å². The second kappa shape index (κ2) is 4.03. The van der Waals surface area contributed by atoms with E-state index in [1.54, 1.807) is 13.2 Å². The summed E-state index contributed by atoms with van der Waals surface area (Å²) >= 11 is 5.69. The molecule has 0 aliphatic heterocycles. The average molecular weight is 225 g/mol. The fourth-order valence-corrected chi connectivity index (χ4v) is 1.67. The Morgan fingerprint density at radius 2 is 2.20 bits per heavy atom. The summed E-state index contributed by atoms with van der Waals surface area (Å²) in [7, 11) is 1.74. The molecule has 2 nitrogen and oxygen atoms in total. The van der Waals surface area contributed by atoms with Gasteiger partial charge in [-0.25, -0.2) is 4.39 Å². The van der Waals surface area contributed by atoms with Gasteiger partial charge in [-0.15, -0.1) is 11.6 Å². The van der Waals surface area contributed by atoms with E-state index in [0.29, 0.717) is 11.6 Å². The summed E-state index contributed by atoms with van der Waals surface area (Å²) in [6.45, 7) is 0. The molecule has 4 heteroatoms. The Balaban J connectivity index is 2.72. The first-order chi connectivity index (χ1) is 7.24. The van der Waals surface area contributed by atoms with Gasteiger partial charge in [0.15, 0.2) is 0 Å². The molecule has 0 unspecified atom stereocenters. The van der Waals surface area contributed by atoms with Crippen molar-refractivity contribution in [3.05, 3.63) is 35.8 Å². The maximum absolute atomic E-state index is 13.2. The van der Waals surface area contributed by atoms with Crippen molar-refractivity contribution < 1.29 is 4.39 Å². The van der Waals surface area contributed by atoms with Crippen molar-refractivity contribution in [2.45, 2.75) is 5.88 Å². The second-order valence-electron chi connectivity index (χ2n) is 3.25. The molecule has 0 spiro atoms. The zero-order valence-corrected chi connectivity index (χ0v) is 8.98. The summed E-state index contributed by atoms with van der Waals surface area (Å²) in [5.41, 5.74) is 2.33. The highest BCUT2D eigenvalue weighted by Gasteiger charge is 2.04. The first kappa shape index (κ1) is 10.2. The van der Waals surface area contributed by atoms with Crippen LogP contribution < -0.4 is 5.32 Å². The van der Waals surface area contributed by atoms with Crippen molar-refractivity contribution in [3.8, 4) is 0 Å². The van der Waals surface area contributed by atoms with E-state index in [4.69, 9.17) is 11.6 Å². The number of pyridine rings is 1. The van der Waals surface area contributed by atoms with E-state index in [1.807, 2.05) is 6.07 Å². The number of nitrogens with one attached hydrogen (secondary N) is 1. The largest absolute Gasteiger partial charge is 0.386 e. The van der Waals surface area contributed by atoms with Crippen LogP contribution >= 0.6 is 11.6 Å². The van der Waals surface area contributed by atoms with E-state index in [2.05, 4.69) is 10.3 Å². The molecule has 78 valence electrons. The Labute approximate surface area is 92.1 Å². The Kier molecular flexibility index (Phi) is 2.73. The van der Waals surface area contributed by atoms with Crippen molar-refractivity contribution in [2.75, 3.05) is 12.4 Å². The summed E-state index contributed by atoms with van der Waals surface area (Å²) in [6, 6.07) is 4.73. The molecule has 1 aromatic carbocycles. The van der Waals surface area contributed by atoms with Crippen molar-refractivity contribution in [3.63, 3.8) is 0 Å². The van der Waals surface area contributed by atoms with Crippen LogP contribution in [0.4, 0.5) is 10.1 Å². The minimum Gasteiger partial charge on any atom is -0.386 e. The van der Waals surface area contributed by atoms with Gasteiger partial charge < -0.3 is 5.32 Å². The fourth-order valence-electron chi connectivity index (χ4n) is 1.52. The van der Waals surface area contributed by atoms with Crippen LogP contribution in [-0.4, -0.2) is 12.0 Å². The first-order valence-corrected chi connectivity index (χ1v) is 5.10. The lowest BCUT2D eigenvalue weighted by Crippen LogP contribution is -1.94. The zero-order chi connectivity index (χ0) is 10.8. The highest BCUT2D eigenvalue weighted by atomic mass is 35.5. The molecule has 1 heterocycles. The summed E-state index contributed by atoms with van der Waals surface area (Å²) in [5.74, 6) is 0.106. The van der Waals surface area contributed by atoms with Crippen molar-refractivity contribution in [2.24, 2.45) is 0 Å². The second-order valence-corrected chi connectivity index (χ2v) is 3.52. The van der Waals surface area contributed by atoms with E-state index in [0.717, 1.165) is 16.5 Å². The summed E-state index contributed by atoms with van der Waals surface area (Å²) in [6.07, 6.45) is 1.70. The number of halogens is 2. The molecule has 0 fully saturated rings. The lowest BCUT2D eigenvalue weighted by Gasteiger charge is -2.06. The monoisotopic (exact) mass is 224 g/mol. The smallest absolute Gasteiger partial charge is 0.126 e. The number of fused-ring (bicyclic) bond motifs is 1. The third-order valence-corrected chi connectivity index (χ3v) is 2.54. The number of nitrogens with zero attached hydrogens (tertiary/aromatic N) is 1. The van der Waals surface area contributed by atoms with Gasteiger partial charge in [-0.3, -0.25) is 4.98 Å². The third-order valence-electron chi connectivity index (χ3n) is 2.23. The van der Waals surface area contributed by atoms with Crippen LogP contribution in [0.3, 0.4) is 0 Å². The lowest BCUT2D eigenvalue weighted by atomic mass is 10.1. The highest BCUT2D eigenvalue weighted by Crippen LogP contribution is 2.23. The SMILES string of the molecule is CNc1cc(F)cc2cc(CCl)cnc12. The molecule has 2 rings (SSSR count). The predicted octanol–water partition coefficient (Wildman–Crippen LogP) is 3.15. The Morgan fingerprint density at radius 3 is 2.87 bits per heavy atom. The minimum atomic E-state index is -0.277. The normalized spacial score (nSPS) is 10.6. The Bertz CT molecular complexity index is 499. The Morgan fingerprint density at radius 1 is 1.40 bits per heavy atom. The lowest BCUT2D eigenvalue weighted by molar-refractivity contribution is 0.630. The number of rotatable bonds is 2. The molecule has 0 bridgehead atoms. The summed E-state index contributed by atoms with van der Waals surface area (Å²) < 4.78 is 13.2. The molecule has 0 radical (unpaired) electrons. The van der Waals surface area contributed by atoms with Gasteiger partial charge in [0, 0.05) is 24.5 Å². The number of hydrogen-bond acceptors (Lipinski definition) is 2. The van der Waals surface area contributed by atoms with E-state index < -0.39 is 0 Å². The number of aromatic nitrogens is 1. The maximum atomic E-state index is 13.2. The van der Waals surface area contributed by atoms with Gasteiger partial charge in [-0.05, 0) is 23.8 Å². The van der Waals surface area contributed by atoms with Gasteiger partial charge >= 0.3 is 0 Å². The van der Waals surface area contributed by atoms with E-state index in [-0.39, 0.29) is 5.82 Å². The first-order valence-electron chi connectivity index (χ1n) is 4.56. The van der Waals surface area contributed by atoms with Crippen molar-refractivity contribution >= 4 is 28.2 Å². The summed E-state index contributed by atoms with van der Waals surface area (Å²) in [4.78, 5) is 4.25. The molecule has 0 saturated carbocycles. The molecule has 1 N–H and O–H groups in total. The highest BCUT2D eigenvalue weighted by molar-refractivity contribution is 6.17. The van der Waals surface area contributed by atoms with E-state index >= 15 is 0 Å². The molecule has 2 aromatic rings. The maximum Gasteiger partial charge on any atom is 0.126 e. The minimum absolute atomic E-state index is 0.277. The molecular weight excluding hydrogens is 215 g/mol. The molecule has 0 amide bonds.